The molecule has 1 aliphatic heterocycles. The molecule has 0 spiro atoms. The quantitative estimate of drug-likeness (QED) is 0.827. The number of hydrogen-bond acceptors (Lipinski definition) is 5. The maximum atomic E-state index is 5.14. The first-order valence-corrected chi connectivity index (χ1v) is 5.51. The predicted octanol–water partition coefficient (Wildman–Crippen LogP) is 0.961. The SMILES string of the molecule is COc1cc(C2CCCNC2)nc(OC)n1. The maximum Gasteiger partial charge on any atom is 0.319 e. The van der Waals surface area contributed by atoms with Gasteiger partial charge in [0.15, 0.2) is 0 Å². The molecule has 1 aromatic rings. The van der Waals surface area contributed by atoms with Crippen molar-refractivity contribution in [3.63, 3.8) is 0 Å². The summed E-state index contributed by atoms with van der Waals surface area (Å²) in [7, 11) is 3.17. The standard InChI is InChI=1S/C11H17N3O2/c1-15-10-6-9(13-11(14-10)16-2)8-4-3-5-12-7-8/h6,8,12H,3-5,7H2,1-2H3. The molecule has 1 saturated heterocycles. The van der Waals surface area contributed by atoms with Gasteiger partial charge in [-0.2, -0.15) is 9.97 Å². The number of piperidine rings is 1. The Balaban J connectivity index is 2.24. The number of rotatable bonds is 3. The van der Waals surface area contributed by atoms with E-state index in [1.54, 1.807) is 14.2 Å². The van der Waals surface area contributed by atoms with E-state index in [0.717, 1.165) is 25.2 Å². The van der Waals surface area contributed by atoms with E-state index in [9.17, 15) is 0 Å². The van der Waals surface area contributed by atoms with E-state index in [2.05, 4.69) is 15.3 Å². The summed E-state index contributed by atoms with van der Waals surface area (Å²) in [5.41, 5.74) is 0.996. The van der Waals surface area contributed by atoms with Crippen molar-refractivity contribution in [2.45, 2.75) is 18.8 Å². The lowest BCUT2D eigenvalue weighted by Crippen LogP contribution is -2.29. The molecule has 0 radical (unpaired) electrons. The average Bonchev–Trinajstić information content (AvgIpc) is 2.39. The molecule has 1 unspecified atom stereocenters. The molecule has 1 atom stereocenters. The van der Waals surface area contributed by atoms with Gasteiger partial charge in [-0.25, -0.2) is 0 Å². The molecule has 88 valence electrons. The summed E-state index contributed by atoms with van der Waals surface area (Å²) in [5.74, 6) is 0.993. The summed E-state index contributed by atoms with van der Waals surface area (Å²) in [4.78, 5) is 8.46. The Kier molecular flexibility index (Phi) is 3.56. The van der Waals surface area contributed by atoms with Gasteiger partial charge in [-0.3, -0.25) is 0 Å². The van der Waals surface area contributed by atoms with Crippen LogP contribution in [0.4, 0.5) is 0 Å². The van der Waals surface area contributed by atoms with Gasteiger partial charge in [-0.1, -0.05) is 0 Å². The second-order valence-electron chi connectivity index (χ2n) is 3.87. The Morgan fingerprint density at radius 1 is 1.31 bits per heavy atom. The van der Waals surface area contributed by atoms with E-state index < -0.39 is 0 Å². The third kappa shape index (κ3) is 2.41. The topological polar surface area (TPSA) is 56.3 Å². The van der Waals surface area contributed by atoms with Crippen molar-refractivity contribution in [2.24, 2.45) is 0 Å². The highest BCUT2D eigenvalue weighted by Crippen LogP contribution is 2.25. The molecule has 0 saturated carbocycles. The Labute approximate surface area is 95.2 Å². The smallest absolute Gasteiger partial charge is 0.319 e. The molecule has 0 bridgehead atoms. The van der Waals surface area contributed by atoms with Crippen molar-refractivity contribution in [3.05, 3.63) is 11.8 Å². The molecule has 1 fully saturated rings. The van der Waals surface area contributed by atoms with E-state index >= 15 is 0 Å². The third-order valence-electron chi connectivity index (χ3n) is 2.81. The van der Waals surface area contributed by atoms with Crippen LogP contribution in [0.15, 0.2) is 6.07 Å². The fourth-order valence-electron chi connectivity index (χ4n) is 1.93. The molecule has 0 aromatic carbocycles. The largest absolute Gasteiger partial charge is 0.481 e. The van der Waals surface area contributed by atoms with Gasteiger partial charge in [0.05, 0.1) is 19.9 Å². The monoisotopic (exact) mass is 223 g/mol. The van der Waals surface area contributed by atoms with E-state index in [1.807, 2.05) is 6.07 Å². The molecular formula is C11H17N3O2. The highest BCUT2D eigenvalue weighted by molar-refractivity contribution is 5.22. The van der Waals surface area contributed by atoms with Crippen LogP contribution in [0, 0.1) is 0 Å². The molecule has 1 N–H and O–H groups in total. The Hall–Kier alpha value is -1.36. The summed E-state index contributed by atoms with van der Waals surface area (Å²) in [6, 6.07) is 2.26. The summed E-state index contributed by atoms with van der Waals surface area (Å²) >= 11 is 0. The van der Waals surface area contributed by atoms with E-state index in [0.29, 0.717) is 17.8 Å². The van der Waals surface area contributed by atoms with Crippen LogP contribution in [-0.4, -0.2) is 37.3 Å². The lowest BCUT2D eigenvalue weighted by molar-refractivity contribution is 0.345. The van der Waals surface area contributed by atoms with Crippen LogP contribution < -0.4 is 14.8 Å². The molecule has 0 amide bonds. The van der Waals surface area contributed by atoms with Crippen molar-refractivity contribution in [1.82, 2.24) is 15.3 Å². The Morgan fingerprint density at radius 2 is 2.19 bits per heavy atom. The summed E-state index contributed by atoms with van der Waals surface area (Å²) in [6.45, 7) is 2.05. The summed E-state index contributed by atoms with van der Waals surface area (Å²) < 4.78 is 10.2. The van der Waals surface area contributed by atoms with Crippen molar-refractivity contribution < 1.29 is 9.47 Å². The molecule has 5 heteroatoms. The number of hydrogen-bond donors (Lipinski definition) is 1. The van der Waals surface area contributed by atoms with Crippen LogP contribution in [0.3, 0.4) is 0 Å². The van der Waals surface area contributed by atoms with Crippen molar-refractivity contribution in [1.29, 1.82) is 0 Å². The highest BCUT2D eigenvalue weighted by atomic mass is 16.5. The minimum atomic E-state index is 0.375. The average molecular weight is 223 g/mol. The molecule has 1 aromatic heterocycles. The van der Waals surface area contributed by atoms with Crippen molar-refractivity contribution in [3.8, 4) is 11.9 Å². The Bertz CT molecular complexity index is 329. The fraction of sp³-hybridized carbons (Fsp3) is 0.636. The first kappa shape index (κ1) is 11.1. The summed E-state index contributed by atoms with van der Waals surface area (Å²) in [6.07, 6.45) is 2.33. The van der Waals surface area contributed by atoms with Crippen LogP contribution in [0.1, 0.15) is 24.5 Å². The minimum Gasteiger partial charge on any atom is -0.481 e. The first-order chi connectivity index (χ1) is 7.83. The van der Waals surface area contributed by atoms with Crippen LogP contribution in [0.25, 0.3) is 0 Å². The second kappa shape index (κ2) is 5.12. The minimum absolute atomic E-state index is 0.375. The predicted molar refractivity (Wildman–Crippen MR) is 60.0 cm³/mol. The number of nitrogens with zero attached hydrogens (tertiary/aromatic N) is 2. The molecule has 2 rings (SSSR count). The van der Waals surface area contributed by atoms with Crippen LogP contribution in [0.5, 0.6) is 11.9 Å². The highest BCUT2D eigenvalue weighted by Gasteiger charge is 2.18. The van der Waals surface area contributed by atoms with Gasteiger partial charge in [-0.05, 0) is 19.4 Å². The lowest BCUT2D eigenvalue weighted by Gasteiger charge is -2.22. The van der Waals surface area contributed by atoms with Crippen molar-refractivity contribution in [2.75, 3.05) is 27.3 Å². The second-order valence-corrected chi connectivity index (χ2v) is 3.87. The molecule has 1 aliphatic rings. The lowest BCUT2D eigenvalue weighted by atomic mass is 9.96. The van der Waals surface area contributed by atoms with E-state index in [4.69, 9.17) is 9.47 Å². The number of nitrogens with one attached hydrogen (secondary N) is 1. The van der Waals surface area contributed by atoms with Gasteiger partial charge in [0.1, 0.15) is 0 Å². The maximum absolute atomic E-state index is 5.14. The normalized spacial score (nSPS) is 20.5. The molecule has 16 heavy (non-hydrogen) atoms. The van der Waals surface area contributed by atoms with Crippen LogP contribution >= 0.6 is 0 Å². The number of aromatic nitrogens is 2. The fourth-order valence-corrected chi connectivity index (χ4v) is 1.93. The van der Waals surface area contributed by atoms with Gasteiger partial charge >= 0.3 is 6.01 Å². The number of methoxy groups -OCH3 is 2. The van der Waals surface area contributed by atoms with E-state index in [1.165, 1.54) is 6.42 Å². The zero-order valence-electron chi connectivity index (χ0n) is 9.69. The van der Waals surface area contributed by atoms with Crippen molar-refractivity contribution >= 4 is 0 Å². The third-order valence-corrected chi connectivity index (χ3v) is 2.81. The first-order valence-electron chi connectivity index (χ1n) is 5.51. The molecule has 5 nitrogen and oxygen atoms in total. The number of ether oxygens (including phenoxy) is 2. The summed E-state index contributed by atoms with van der Waals surface area (Å²) in [5, 5.41) is 3.37. The van der Waals surface area contributed by atoms with Gasteiger partial charge in [0, 0.05) is 18.5 Å². The Morgan fingerprint density at radius 3 is 2.81 bits per heavy atom. The molecule has 2 heterocycles. The molecular weight excluding hydrogens is 206 g/mol. The zero-order chi connectivity index (χ0) is 11.4. The molecule has 0 aliphatic carbocycles. The van der Waals surface area contributed by atoms with Gasteiger partial charge in [-0.15, -0.1) is 0 Å². The van der Waals surface area contributed by atoms with Gasteiger partial charge in [0.25, 0.3) is 0 Å². The van der Waals surface area contributed by atoms with E-state index in [-0.39, 0.29) is 0 Å². The van der Waals surface area contributed by atoms with Gasteiger partial charge in [0.2, 0.25) is 5.88 Å². The van der Waals surface area contributed by atoms with Gasteiger partial charge < -0.3 is 14.8 Å². The zero-order valence-corrected chi connectivity index (χ0v) is 9.69. The van der Waals surface area contributed by atoms with Crippen LogP contribution in [-0.2, 0) is 0 Å². The van der Waals surface area contributed by atoms with Crippen LogP contribution in [0.2, 0.25) is 0 Å².